The van der Waals surface area contributed by atoms with Crippen molar-refractivity contribution in [1.82, 2.24) is 10.2 Å². The molecule has 1 atom stereocenters. The highest BCUT2D eigenvalue weighted by Gasteiger charge is 2.14. The van der Waals surface area contributed by atoms with Gasteiger partial charge >= 0.3 is 0 Å². The van der Waals surface area contributed by atoms with Gasteiger partial charge in [0.05, 0.1) is 25.4 Å². The van der Waals surface area contributed by atoms with Crippen LogP contribution in [0.4, 0.5) is 0 Å². The van der Waals surface area contributed by atoms with Crippen LogP contribution in [0.5, 0.6) is 0 Å². The van der Waals surface area contributed by atoms with Crippen LogP contribution in [-0.2, 0) is 11.3 Å². The smallest absolute Gasteiger partial charge is 0.234 e. The van der Waals surface area contributed by atoms with Crippen molar-refractivity contribution in [1.29, 1.82) is 0 Å². The van der Waals surface area contributed by atoms with E-state index in [4.69, 9.17) is 4.42 Å². The van der Waals surface area contributed by atoms with E-state index < -0.39 is 0 Å². The molecule has 0 radical (unpaired) electrons. The lowest BCUT2D eigenvalue weighted by atomic mass is 10.00. The van der Waals surface area contributed by atoms with Crippen molar-refractivity contribution in [2.24, 2.45) is 0 Å². The highest BCUT2D eigenvalue weighted by molar-refractivity contribution is 5.87. The first kappa shape index (κ1) is 16.3. The maximum Gasteiger partial charge on any atom is 0.234 e. The van der Waals surface area contributed by atoms with Crippen molar-refractivity contribution in [3.8, 4) is 0 Å². The third-order valence-electron chi connectivity index (χ3n) is 4.09. The zero-order valence-corrected chi connectivity index (χ0v) is 14.0. The molecule has 24 heavy (non-hydrogen) atoms. The van der Waals surface area contributed by atoms with E-state index in [-0.39, 0.29) is 11.9 Å². The van der Waals surface area contributed by atoms with Gasteiger partial charge in [0.25, 0.3) is 0 Å². The van der Waals surface area contributed by atoms with E-state index in [9.17, 15) is 4.79 Å². The molecule has 124 valence electrons. The largest absolute Gasteiger partial charge is 0.468 e. The van der Waals surface area contributed by atoms with E-state index in [1.54, 1.807) is 6.26 Å². The number of hydrogen-bond acceptors (Lipinski definition) is 3. The number of carbonyl (C=O) groups excluding carboxylic acids is 1. The Morgan fingerprint density at radius 2 is 1.92 bits per heavy atom. The summed E-state index contributed by atoms with van der Waals surface area (Å²) in [5.74, 6) is 0.858. The molecule has 1 amide bonds. The average Bonchev–Trinajstić information content (AvgIpc) is 3.06. The summed E-state index contributed by atoms with van der Waals surface area (Å²) in [4.78, 5) is 14.3. The number of nitrogens with zero attached hydrogens (tertiary/aromatic N) is 1. The molecule has 0 saturated carbocycles. The van der Waals surface area contributed by atoms with E-state index in [0.717, 1.165) is 11.3 Å². The van der Waals surface area contributed by atoms with Crippen molar-refractivity contribution >= 4 is 16.7 Å². The van der Waals surface area contributed by atoms with Gasteiger partial charge in [0.2, 0.25) is 5.91 Å². The molecule has 0 aliphatic rings. The SMILES string of the molecule is C[C@@H](NC(=O)CN(C)Cc1ccco1)c1cccc2ccccc12. The van der Waals surface area contributed by atoms with Gasteiger partial charge in [-0.15, -0.1) is 0 Å². The predicted molar refractivity (Wildman–Crippen MR) is 95.5 cm³/mol. The van der Waals surface area contributed by atoms with E-state index in [1.807, 2.05) is 49.2 Å². The fourth-order valence-electron chi connectivity index (χ4n) is 2.96. The number of nitrogens with one attached hydrogen (secondary N) is 1. The lowest BCUT2D eigenvalue weighted by Gasteiger charge is -2.19. The molecule has 0 unspecified atom stereocenters. The fourth-order valence-corrected chi connectivity index (χ4v) is 2.96. The molecular formula is C20H22N2O2. The summed E-state index contributed by atoms with van der Waals surface area (Å²) in [6.07, 6.45) is 1.64. The van der Waals surface area contributed by atoms with Crippen LogP contribution in [0.2, 0.25) is 0 Å². The monoisotopic (exact) mass is 322 g/mol. The maximum absolute atomic E-state index is 12.3. The zero-order valence-electron chi connectivity index (χ0n) is 14.0. The van der Waals surface area contributed by atoms with Crippen LogP contribution in [-0.4, -0.2) is 24.4 Å². The summed E-state index contributed by atoms with van der Waals surface area (Å²) >= 11 is 0. The number of benzene rings is 2. The van der Waals surface area contributed by atoms with Crippen LogP contribution in [0, 0.1) is 0 Å². The molecule has 3 aromatic rings. The molecule has 0 bridgehead atoms. The van der Waals surface area contributed by atoms with Crippen LogP contribution in [0.25, 0.3) is 10.8 Å². The first-order chi connectivity index (χ1) is 11.6. The number of hydrogen-bond donors (Lipinski definition) is 1. The Labute approximate surface area is 142 Å². The molecule has 1 aromatic heterocycles. The standard InChI is InChI=1S/C20H22N2O2/c1-15(18-11-5-8-16-7-3-4-10-19(16)18)21-20(23)14-22(2)13-17-9-6-12-24-17/h3-12,15H,13-14H2,1-2H3,(H,21,23)/t15-/m1/s1. The van der Waals surface area contributed by atoms with Crippen molar-refractivity contribution in [2.75, 3.05) is 13.6 Å². The molecule has 0 fully saturated rings. The fraction of sp³-hybridized carbons (Fsp3) is 0.250. The van der Waals surface area contributed by atoms with Gasteiger partial charge in [0.1, 0.15) is 5.76 Å². The molecular weight excluding hydrogens is 300 g/mol. The van der Waals surface area contributed by atoms with Crippen LogP contribution < -0.4 is 5.32 Å². The highest BCUT2D eigenvalue weighted by atomic mass is 16.3. The average molecular weight is 322 g/mol. The van der Waals surface area contributed by atoms with Crippen molar-refractivity contribution < 1.29 is 9.21 Å². The predicted octanol–water partition coefficient (Wildman–Crippen LogP) is 3.74. The lowest BCUT2D eigenvalue weighted by molar-refractivity contribution is -0.122. The topological polar surface area (TPSA) is 45.5 Å². The van der Waals surface area contributed by atoms with Gasteiger partial charge in [-0.05, 0) is 42.4 Å². The molecule has 2 aromatic carbocycles. The summed E-state index contributed by atoms with van der Waals surface area (Å²) in [5, 5.41) is 5.45. The second-order valence-corrected chi connectivity index (χ2v) is 6.11. The number of furan rings is 1. The van der Waals surface area contributed by atoms with Gasteiger partial charge in [0, 0.05) is 0 Å². The summed E-state index contributed by atoms with van der Waals surface area (Å²) in [7, 11) is 1.91. The molecule has 3 rings (SSSR count). The van der Waals surface area contributed by atoms with Crippen LogP contribution in [0.15, 0.2) is 65.3 Å². The molecule has 1 N–H and O–H groups in total. The Kier molecular flexibility index (Phi) is 4.96. The summed E-state index contributed by atoms with van der Waals surface area (Å²) in [5.41, 5.74) is 1.13. The second kappa shape index (κ2) is 7.32. The number of carbonyl (C=O) groups is 1. The van der Waals surface area contributed by atoms with E-state index in [1.165, 1.54) is 10.8 Å². The molecule has 4 heteroatoms. The molecule has 1 heterocycles. The van der Waals surface area contributed by atoms with E-state index in [0.29, 0.717) is 13.1 Å². The van der Waals surface area contributed by atoms with Crippen molar-refractivity contribution in [3.63, 3.8) is 0 Å². The quantitative estimate of drug-likeness (QED) is 0.752. The molecule has 0 aliphatic heterocycles. The number of likely N-dealkylation sites (N-methyl/N-ethyl adjacent to an activating group) is 1. The Morgan fingerprint density at radius 1 is 1.12 bits per heavy atom. The molecule has 0 saturated heterocycles. The number of rotatable bonds is 6. The second-order valence-electron chi connectivity index (χ2n) is 6.11. The normalized spacial score (nSPS) is 12.5. The molecule has 0 spiro atoms. The number of amides is 1. The van der Waals surface area contributed by atoms with Gasteiger partial charge < -0.3 is 9.73 Å². The Hall–Kier alpha value is -2.59. The van der Waals surface area contributed by atoms with Gasteiger partial charge in [0.15, 0.2) is 0 Å². The minimum atomic E-state index is -0.0411. The van der Waals surface area contributed by atoms with Crippen LogP contribution in [0.1, 0.15) is 24.3 Å². The maximum atomic E-state index is 12.3. The highest BCUT2D eigenvalue weighted by Crippen LogP contribution is 2.23. The van der Waals surface area contributed by atoms with Crippen molar-refractivity contribution in [2.45, 2.75) is 19.5 Å². The summed E-state index contributed by atoms with van der Waals surface area (Å²) in [6.45, 7) is 2.96. The van der Waals surface area contributed by atoms with E-state index in [2.05, 4.69) is 29.6 Å². The Balaban J connectivity index is 1.63. The first-order valence-corrected chi connectivity index (χ1v) is 8.11. The van der Waals surface area contributed by atoms with Gasteiger partial charge in [-0.25, -0.2) is 0 Å². The third kappa shape index (κ3) is 3.84. The lowest BCUT2D eigenvalue weighted by Crippen LogP contribution is -2.36. The van der Waals surface area contributed by atoms with Gasteiger partial charge in [-0.3, -0.25) is 9.69 Å². The van der Waals surface area contributed by atoms with Crippen LogP contribution >= 0.6 is 0 Å². The Bertz CT molecular complexity index is 806. The summed E-state index contributed by atoms with van der Waals surface area (Å²) in [6, 6.07) is 18.1. The van der Waals surface area contributed by atoms with Gasteiger partial charge in [-0.2, -0.15) is 0 Å². The minimum absolute atomic E-state index is 0.00416. The van der Waals surface area contributed by atoms with Gasteiger partial charge in [-0.1, -0.05) is 42.5 Å². The summed E-state index contributed by atoms with van der Waals surface area (Å²) < 4.78 is 5.31. The zero-order chi connectivity index (χ0) is 16.9. The molecule has 4 nitrogen and oxygen atoms in total. The Morgan fingerprint density at radius 3 is 2.71 bits per heavy atom. The van der Waals surface area contributed by atoms with Crippen molar-refractivity contribution in [3.05, 3.63) is 72.2 Å². The number of fused-ring (bicyclic) bond motifs is 1. The van der Waals surface area contributed by atoms with Crippen LogP contribution in [0.3, 0.4) is 0 Å². The minimum Gasteiger partial charge on any atom is -0.468 e. The third-order valence-corrected chi connectivity index (χ3v) is 4.09. The molecule has 0 aliphatic carbocycles. The van der Waals surface area contributed by atoms with E-state index >= 15 is 0 Å². The first-order valence-electron chi connectivity index (χ1n) is 8.11.